The lowest BCUT2D eigenvalue weighted by Gasteiger charge is -2.18. The number of hydrogen-bond donors (Lipinski definition) is 2. The van der Waals surface area contributed by atoms with E-state index < -0.39 is 0 Å². The van der Waals surface area contributed by atoms with Crippen molar-refractivity contribution < 1.29 is 9.90 Å². The molecule has 0 aliphatic carbocycles. The minimum atomic E-state index is -0.0458. The van der Waals surface area contributed by atoms with Crippen LogP contribution in [0.15, 0.2) is 42.5 Å². The van der Waals surface area contributed by atoms with Gasteiger partial charge in [0.15, 0.2) is 0 Å². The number of aromatic hydroxyl groups is 1. The Bertz CT molecular complexity index is 621. The fourth-order valence-electron chi connectivity index (χ4n) is 2.08. The van der Waals surface area contributed by atoms with Crippen LogP contribution >= 0.6 is 0 Å². The van der Waals surface area contributed by atoms with Crippen LogP contribution in [0.3, 0.4) is 0 Å². The van der Waals surface area contributed by atoms with Crippen molar-refractivity contribution in [1.82, 2.24) is 4.90 Å². The molecule has 0 spiro atoms. The van der Waals surface area contributed by atoms with Crippen molar-refractivity contribution in [3.05, 3.63) is 59.2 Å². The Morgan fingerprint density at radius 2 is 1.85 bits per heavy atom. The predicted octanol–water partition coefficient (Wildman–Crippen LogP) is 2.56. The average Bonchev–Trinajstić information content (AvgIpc) is 2.40. The second kappa shape index (κ2) is 5.65. The molecule has 0 saturated heterocycles. The molecule has 2 rings (SSSR count). The first kappa shape index (κ1) is 13.9. The van der Waals surface area contributed by atoms with Gasteiger partial charge >= 0.3 is 0 Å². The van der Waals surface area contributed by atoms with E-state index in [9.17, 15) is 9.90 Å². The summed E-state index contributed by atoms with van der Waals surface area (Å²) in [4.78, 5) is 14.0. The monoisotopic (exact) mass is 270 g/mol. The largest absolute Gasteiger partial charge is 0.508 e. The van der Waals surface area contributed by atoms with Crippen molar-refractivity contribution in [2.75, 3.05) is 12.8 Å². The Morgan fingerprint density at radius 3 is 2.45 bits per heavy atom. The number of phenolic OH excluding ortho intramolecular Hbond substituents is 1. The first-order valence-electron chi connectivity index (χ1n) is 6.37. The van der Waals surface area contributed by atoms with E-state index in [2.05, 4.69) is 0 Å². The standard InChI is InChI=1S/C16H18N2O2/c1-11-9-13(17)5-8-15(11)16(20)18(2)10-12-3-6-14(19)7-4-12/h3-9,19H,10,17H2,1-2H3. The molecule has 0 aromatic heterocycles. The molecule has 0 radical (unpaired) electrons. The highest BCUT2D eigenvalue weighted by Gasteiger charge is 2.14. The molecule has 0 aliphatic rings. The van der Waals surface area contributed by atoms with Gasteiger partial charge in [-0.15, -0.1) is 0 Å². The molecule has 4 heteroatoms. The molecule has 2 aromatic carbocycles. The van der Waals surface area contributed by atoms with Gasteiger partial charge in [-0.05, 0) is 48.4 Å². The number of anilines is 1. The van der Waals surface area contributed by atoms with Crippen LogP contribution in [0.25, 0.3) is 0 Å². The summed E-state index contributed by atoms with van der Waals surface area (Å²) in [5.41, 5.74) is 8.83. The highest BCUT2D eigenvalue weighted by molar-refractivity contribution is 5.95. The average molecular weight is 270 g/mol. The number of nitrogens with zero attached hydrogens (tertiary/aromatic N) is 1. The fourth-order valence-corrected chi connectivity index (χ4v) is 2.08. The maximum absolute atomic E-state index is 12.4. The van der Waals surface area contributed by atoms with Crippen LogP contribution in [-0.4, -0.2) is 23.0 Å². The zero-order valence-corrected chi connectivity index (χ0v) is 11.6. The molecule has 0 aliphatic heterocycles. The summed E-state index contributed by atoms with van der Waals surface area (Å²) in [5, 5.41) is 9.25. The van der Waals surface area contributed by atoms with E-state index >= 15 is 0 Å². The molecular weight excluding hydrogens is 252 g/mol. The summed E-state index contributed by atoms with van der Waals surface area (Å²) in [6.45, 7) is 2.36. The van der Waals surface area contributed by atoms with Gasteiger partial charge < -0.3 is 15.7 Å². The molecule has 3 N–H and O–H groups in total. The van der Waals surface area contributed by atoms with Crippen LogP contribution in [0, 0.1) is 6.92 Å². The van der Waals surface area contributed by atoms with Gasteiger partial charge in [-0.3, -0.25) is 4.79 Å². The second-order valence-corrected chi connectivity index (χ2v) is 4.90. The van der Waals surface area contributed by atoms with Crippen LogP contribution < -0.4 is 5.73 Å². The number of amides is 1. The number of rotatable bonds is 3. The van der Waals surface area contributed by atoms with Gasteiger partial charge in [-0.2, -0.15) is 0 Å². The van der Waals surface area contributed by atoms with E-state index in [1.165, 1.54) is 0 Å². The maximum Gasteiger partial charge on any atom is 0.254 e. The Kier molecular flexibility index (Phi) is 3.94. The molecule has 1 amide bonds. The van der Waals surface area contributed by atoms with Gasteiger partial charge in [0.25, 0.3) is 5.91 Å². The number of nitrogens with two attached hydrogens (primary N) is 1. The molecule has 2 aromatic rings. The Hall–Kier alpha value is -2.49. The lowest BCUT2D eigenvalue weighted by Crippen LogP contribution is -2.26. The van der Waals surface area contributed by atoms with Crippen molar-refractivity contribution in [3.63, 3.8) is 0 Å². The van der Waals surface area contributed by atoms with E-state index in [0.29, 0.717) is 17.8 Å². The van der Waals surface area contributed by atoms with Gasteiger partial charge in [0.1, 0.15) is 5.75 Å². The van der Waals surface area contributed by atoms with Crippen LogP contribution in [0.1, 0.15) is 21.5 Å². The summed E-state index contributed by atoms with van der Waals surface area (Å²) < 4.78 is 0. The van der Waals surface area contributed by atoms with Gasteiger partial charge in [0.2, 0.25) is 0 Å². The van der Waals surface area contributed by atoms with Gasteiger partial charge in [0.05, 0.1) is 0 Å². The first-order valence-corrected chi connectivity index (χ1v) is 6.37. The molecule has 0 saturated carbocycles. The van der Waals surface area contributed by atoms with E-state index in [-0.39, 0.29) is 11.7 Å². The minimum Gasteiger partial charge on any atom is -0.508 e. The summed E-state index contributed by atoms with van der Waals surface area (Å²) in [5.74, 6) is 0.174. The smallest absolute Gasteiger partial charge is 0.254 e. The predicted molar refractivity (Wildman–Crippen MR) is 79.5 cm³/mol. The fraction of sp³-hybridized carbons (Fsp3) is 0.188. The van der Waals surface area contributed by atoms with Crippen LogP contribution in [-0.2, 0) is 6.54 Å². The van der Waals surface area contributed by atoms with Gasteiger partial charge in [0, 0.05) is 24.8 Å². The van der Waals surface area contributed by atoms with Crippen LogP contribution in [0.4, 0.5) is 5.69 Å². The molecular formula is C16H18N2O2. The Morgan fingerprint density at radius 1 is 1.20 bits per heavy atom. The summed E-state index contributed by atoms with van der Waals surface area (Å²) in [7, 11) is 1.75. The molecule has 4 nitrogen and oxygen atoms in total. The third-order valence-electron chi connectivity index (χ3n) is 3.18. The van der Waals surface area contributed by atoms with Crippen molar-refractivity contribution in [2.45, 2.75) is 13.5 Å². The van der Waals surface area contributed by atoms with E-state index in [4.69, 9.17) is 5.73 Å². The minimum absolute atomic E-state index is 0.0458. The van der Waals surface area contributed by atoms with Crippen molar-refractivity contribution in [3.8, 4) is 5.75 Å². The maximum atomic E-state index is 12.4. The number of hydrogen-bond acceptors (Lipinski definition) is 3. The third-order valence-corrected chi connectivity index (χ3v) is 3.18. The quantitative estimate of drug-likeness (QED) is 0.842. The topological polar surface area (TPSA) is 66.6 Å². The molecule has 0 bridgehead atoms. The Labute approximate surface area is 118 Å². The second-order valence-electron chi connectivity index (χ2n) is 4.90. The molecule has 20 heavy (non-hydrogen) atoms. The Balaban J connectivity index is 2.14. The van der Waals surface area contributed by atoms with Crippen LogP contribution in [0.5, 0.6) is 5.75 Å². The van der Waals surface area contributed by atoms with Gasteiger partial charge in [-0.1, -0.05) is 12.1 Å². The first-order chi connectivity index (χ1) is 9.47. The zero-order valence-electron chi connectivity index (χ0n) is 11.6. The summed E-state index contributed by atoms with van der Waals surface area (Å²) >= 11 is 0. The lowest BCUT2D eigenvalue weighted by atomic mass is 10.1. The highest BCUT2D eigenvalue weighted by Crippen LogP contribution is 2.16. The van der Waals surface area contributed by atoms with Crippen molar-refractivity contribution >= 4 is 11.6 Å². The number of phenols is 1. The SMILES string of the molecule is Cc1cc(N)ccc1C(=O)N(C)Cc1ccc(O)cc1. The van der Waals surface area contributed by atoms with Gasteiger partial charge in [-0.25, -0.2) is 0 Å². The molecule has 0 unspecified atom stereocenters. The number of carbonyl (C=O) groups is 1. The number of benzene rings is 2. The number of nitrogen functional groups attached to an aromatic ring is 1. The van der Waals surface area contributed by atoms with Crippen LogP contribution in [0.2, 0.25) is 0 Å². The van der Waals surface area contributed by atoms with E-state index in [1.54, 1.807) is 54.4 Å². The van der Waals surface area contributed by atoms with E-state index in [0.717, 1.165) is 11.1 Å². The summed E-state index contributed by atoms with van der Waals surface area (Å²) in [6, 6.07) is 12.1. The third kappa shape index (κ3) is 3.09. The summed E-state index contributed by atoms with van der Waals surface area (Å²) in [6.07, 6.45) is 0. The molecule has 104 valence electrons. The normalized spacial score (nSPS) is 10.3. The number of carbonyl (C=O) groups excluding carboxylic acids is 1. The van der Waals surface area contributed by atoms with E-state index in [1.807, 2.05) is 6.92 Å². The van der Waals surface area contributed by atoms with Crippen molar-refractivity contribution in [1.29, 1.82) is 0 Å². The zero-order chi connectivity index (χ0) is 14.7. The highest BCUT2D eigenvalue weighted by atomic mass is 16.3. The number of aryl methyl sites for hydroxylation is 1. The molecule has 0 atom stereocenters. The lowest BCUT2D eigenvalue weighted by molar-refractivity contribution is 0.0784. The molecule has 0 heterocycles. The molecule has 0 fully saturated rings. The van der Waals surface area contributed by atoms with Crippen molar-refractivity contribution in [2.24, 2.45) is 0 Å².